The number of piperazine rings is 1. The number of methoxy groups -OCH3 is 1. The van der Waals surface area contributed by atoms with Gasteiger partial charge in [0.2, 0.25) is 0 Å². The molecule has 3 rings (SSSR count). The van der Waals surface area contributed by atoms with Crippen LogP contribution in [0.2, 0.25) is 0 Å². The van der Waals surface area contributed by atoms with Crippen LogP contribution in [0.5, 0.6) is 5.75 Å². The summed E-state index contributed by atoms with van der Waals surface area (Å²) in [5, 5.41) is 10.9. The molecule has 1 N–H and O–H groups in total. The van der Waals surface area contributed by atoms with Gasteiger partial charge in [-0.2, -0.15) is 0 Å². The zero-order valence-corrected chi connectivity index (χ0v) is 19.2. The SMILES string of the molecule is CCN1CCN([C@H](c2ccc(SC)cc2)c2c(O)cc(C)n(CCOC)c2=O)CC1. The van der Waals surface area contributed by atoms with Crippen LogP contribution in [0.1, 0.15) is 29.8 Å². The van der Waals surface area contributed by atoms with E-state index in [1.807, 2.05) is 6.92 Å². The smallest absolute Gasteiger partial charge is 0.259 e. The van der Waals surface area contributed by atoms with E-state index in [0.717, 1.165) is 44.0 Å². The fourth-order valence-electron chi connectivity index (χ4n) is 4.17. The Kier molecular flexibility index (Phi) is 7.99. The fraction of sp³-hybridized carbons (Fsp3) is 0.522. The summed E-state index contributed by atoms with van der Waals surface area (Å²) in [6, 6.07) is 9.77. The first kappa shape index (κ1) is 22.9. The first-order valence-electron chi connectivity index (χ1n) is 10.5. The topological polar surface area (TPSA) is 57.9 Å². The van der Waals surface area contributed by atoms with Crippen molar-refractivity contribution in [2.24, 2.45) is 0 Å². The maximum Gasteiger partial charge on any atom is 0.259 e. The number of benzene rings is 1. The molecule has 2 heterocycles. The van der Waals surface area contributed by atoms with Gasteiger partial charge < -0.3 is 19.3 Å². The van der Waals surface area contributed by atoms with Crippen molar-refractivity contribution in [3.05, 3.63) is 57.5 Å². The molecule has 1 aliphatic heterocycles. The van der Waals surface area contributed by atoms with Crippen molar-refractivity contribution >= 4 is 11.8 Å². The van der Waals surface area contributed by atoms with Gasteiger partial charge in [0.1, 0.15) is 5.75 Å². The molecule has 1 saturated heterocycles. The molecule has 1 atom stereocenters. The number of hydrogen-bond acceptors (Lipinski definition) is 6. The van der Waals surface area contributed by atoms with Gasteiger partial charge in [-0.15, -0.1) is 11.8 Å². The number of aromatic hydroxyl groups is 1. The van der Waals surface area contributed by atoms with Gasteiger partial charge in [-0.1, -0.05) is 19.1 Å². The van der Waals surface area contributed by atoms with Gasteiger partial charge in [-0.05, 0) is 43.5 Å². The van der Waals surface area contributed by atoms with E-state index < -0.39 is 0 Å². The summed E-state index contributed by atoms with van der Waals surface area (Å²) >= 11 is 1.69. The highest BCUT2D eigenvalue weighted by molar-refractivity contribution is 7.98. The van der Waals surface area contributed by atoms with Crippen LogP contribution in [0.25, 0.3) is 0 Å². The van der Waals surface area contributed by atoms with Crippen molar-refractivity contribution in [2.45, 2.75) is 31.3 Å². The first-order valence-corrected chi connectivity index (χ1v) is 11.7. The predicted molar refractivity (Wildman–Crippen MR) is 123 cm³/mol. The largest absolute Gasteiger partial charge is 0.507 e. The second-order valence-corrected chi connectivity index (χ2v) is 8.56. The molecule has 0 aliphatic carbocycles. The number of aromatic nitrogens is 1. The van der Waals surface area contributed by atoms with E-state index >= 15 is 0 Å². The summed E-state index contributed by atoms with van der Waals surface area (Å²) in [5.74, 6) is 0.0723. The number of nitrogens with zero attached hydrogens (tertiary/aromatic N) is 3. The first-order chi connectivity index (χ1) is 14.5. The molecule has 30 heavy (non-hydrogen) atoms. The molecule has 2 aromatic rings. The molecule has 0 radical (unpaired) electrons. The maximum absolute atomic E-state index is 13.5. The van der Waals surface area contributed by atoms with E-state index in [0.29, 0.717) is 18.7 Å². The minimum Gasteiger partial charge on any atom is -0.507 e. The molecule has 0 bridgehead atoms. The van der Waals surface area contributed by atoms with Crippen molar-refractivity contribution in [1.82, 2.24) is 14.4 Å². The quantitative estimate of drug-likeness (QED) is 0.649. The van der Waals surface area contributed by atoms with Gasteiger partial charge in [0.15, 0.2) is 0 Å². The summed E-state index contributed by atoms with van der Waals surface area (Å²) in [6.07, 6.45) is 2.05. The lowest BCUT2D eigenvalue weighted by Gasteiger charge is -2.39. The second kappa shape index (κ2) is 10.5. The van der Waals surface area contributed by atoms with Crippen LogP contribution in [0.3, 0.4) is 0 Å². The molecule has 1 aromatic carbocycles. The van der Waals surface area contributed by atoms with Crippen LogP contribution in [0.15, 0.2) is 40.0 Å². The summed E-state index contributed by atoms with van der Waals surface area (Å²) < 4.78 is 6.91. The highest BCUT2D eigenvalue weighted by Crippen LogP contribution is 2.34. The summed E-state index contributed by atoms with van der Waals surface area (Å²) in [7, 11) is 1.63. The van der Waals surface area contributed by atoms with Crippen molar-refractivity contribution in [2.75, 3.05) is 52.7 Å². The molecular weight excluding hydrogens is 398 g/mol. The van der Waals surface area contributed by atoms with Crippen molar-refractivity contribution in [3.8, 4) is 5.75 Å². The van der Waals surface area contributed by atoms with Gasteiger partial charge >= 0.3 is 0 Å². The highest BCUT2D eigenvalue weighted by atomic mass is 32.2. The van der Waals surface area contributed by atoms with Gasteiger partial charge in [0, 0.05) is 50.4 Å². The zero-order valence-electron chi connectivity index (χ0n) is 18.4. The normalized spacial score (nSPS) is 16.7. The molecule has 0 unspecified atom stereocenters. The molecule has 164 valence electrons. The highest BCUT2D eigenvalue weighted by Gasteiger charge is 2.31. The molecule has 1 aliphatic rings. The van der Waals surface area contributed by atoms with E-state index in [1.165, 1.54) is 4.90 Å². The van der Waals surface area contributed by atoms with E-state index in [1.54, 1.807) is 29.5 Å². The number of ether oxygens (including phenoxy) is 1. The number of likely N-dealkylation sites (N-methyl/N-ethyl adjacent to an activating group) is 1. The van der Waals surface area contributed by atoms with Crippen LogP contribution in [-0.4, -0.2) is 72.2 Å². The molecular formula is C23H33N3O3S. The van der Waals surface area contributed by atoms with Crippen LogP contribution in [0, 0.1) is 6.92 Å². The van der Waals surface area contributed by atoms with E-state index in [9.17, 15) is 9.90 Å². The lowest BCUT2D eigenvalue weighted by atomic mass is 9.96. The third kappa shape index (κ3) is 4.91. The van der Waals surface area contributed by atoms with Gasteiger partial charge in [0.05, 0.1) is 18.2 Å². The monoisotopic (exact) mass is 431 g/mol. The molecule has 1 aromatic heterocycles. The standard InChI is InChI=1S/C23H33N3O3S/c1-5-24-10-12-25(13-11-24)22(18-6-8-19(30-4)9-7-18)21-20(27)16-17(2)26(23(21)28)14-15-29-3/h6-9,16,22,27H,5,10-15H2,1-4H3/t22-/m1/s1. The number of pyridine rings is 1. The fourth-order valence-corrected chi connectivity index (χ4v) is 4.58. The third-order valence-electron chi connectivity index (χ3n) is 5.97. The average Bonchev–Trinajstić information content (AvgIpc) is 2.76. The minimum atomic E-state index is -0.276. The Bertz CT molecular complexity index is 890. The average molecular weight is 432 g/mol. The van der Waals surface area contributed by atoms with Crippen molar-refractivity contribution in [1.29, 1.82) is 0 Å². The van der Waals surface area contributed by atoms with Crippen LogP contribution in [-0.2, 0) is 11.3 Å². The second-order valence-electron chi connectivity index (χ2n) is 7.68. The van der Waals surface area contributed by atoms with Crippen LogP contribution in [0.4, 0.5) is 0 Å². The number of rotatable bonds is 8. The summed E-state index contributed by atoms with van der Waals surface area (Å²) in [4.78, 5) is 19.4. The van der Waals surface area contributed by atoms with Gasteiger partial charge in [-0.3, -0.25) is 9.69 Å². The van der Waals surface area contributed by atoms with Gasteiger partial charge in [-0.25, -0.2) is 0 Å². The Morgan fingerprint density at radius 1 is 1.17 bits per heavy atom. The molecule has 1 fully saturated rings. The Morgan fingerprint density at radius 2 is 1.83 bits per heavy atom. The third-order valence-corrected chi connectivity index (χ3v) is 6.71. The van der Waals surface area contributed by atoms with E-state index in [4.69, 9.17) is 4.74 Å². The molecule has 0 amide bonds. The molecule has 0 spiro atoms. The van der Waals surface area contributed by atoms with Crippen molar-refractivity contribution < 1.29 is 9.84 Å². The molecule has 7 heteroatoms. The summed E-state index contributed by atoms with van der Waals surface area (Å²) in [5.41, 5.74) is 2.10. The van der Waals surface area contributed by atoms with E-state index in [-0.39, 0.29) is 17.4 Å². The lowest BCUT2D eigenvalue weighted by Crippen LogP contribution is -2.48. The van der Waals surface area contributed by atoms with Crippen LogP contribution >= 0.6 is 11.8 Å². The number of thioether (sulfide) groups is 1. The summed E-state index contributed by atoms with van der Waals surface area (Å²) in [6.45, 7) is 9.60. The minimum absolute atomic E-state index is 0.0723. The molecule has 6 nitrogen and oxygen atoms in total. The number of aryl methyl sites for hydroxylation is 1. The maximum atomic E-state index is 13.5. The Balaban J connectivity index is 2.08. The number of hydrogen-bond donors (Lipinski definition) is 1. The van der Waals surface area contributed by atoms with E-state index in [2.05, 4.69) is 47.2 Å². The lowest BCUT2D eigenvalue weighted by molar-refractivity contribution is 0.111. The van der Waals surface area contributed by atoms with Crippen LogP contribution < -0.4 is 5.56 Å². The van der Waals surface area contributed by atoms with Crippen molar-refractivity contribution in [3.63, 3.8) is 0 Å². The Hall–Kier alpha value is -1.80. The zero-order chi connectivity index (χ0) is 21.7. The Labute approximate surface area is 183 Å². The Morgan fingerprint density at radius 3 is 2.40 bits per heavy atom. The van der Waals surface area contributed by atoms with Gasteiger partial charge in [0.25, 0.3) is 5.56 Å². The predicted octanol–water partition coefficient (Wildman–Crippen LogP) is 2.96. The molecule has 0 saturated carbocycles.